The minimum absolute atomic E-state index is 0. The maximum absolute atomic E-state index is 12.1. The Kier molecular flexibility index (Phi) is 7.00. The zero-order valence-corrected chi connectivity index (χ0v) is 15.3. The maximum Gasteiger partial charge on any atom is 0.242 e. The van der Waals surface area contributed by atoms with Crippen LogP contribution in [-0.4, -0.2) is 29.4 Å². The smallest absolute Gasteiger partial charge is 0.242 e. The Morgan fingerprint density at radius 2 is 1.91 bits per heavy atom. The first-order valence-corrected chi connectivity index (χ1v) is 8.05. The van der Waals surface area contributed by atoms with Crippen molar-refractivity contribution in [2.24, 2.45) is 11.7 Å². The van der Waals surface area contributed by atoms with Gasteiger partial charge in [0.15, 0.2) is 0 Å². The monoisotopic (exact) mass is 364 g/mol. The van der Waals surface area contributed by atoms with Crippen LogP contribution >= 0.6 is 35.6 Å². The molecule has 0 aliphatic carbocycles. The summed E-state index contributed by atoms with van der Waals surface area (Å²) < 4.78 is 0. The molecule has 1 aliphatic heterocycles. The number of likely N-dealkylation sites (tertiary alicyclic amines) is 1. The normalized spacial score (nSPS) is 16.3. The van der Waals surface area contributed by atoms with Crippen molar-refractivity contribution < 1.29 is 4.79 Å². The number of amides is 1. The number of benzene rings is 1. The van der Waals surface area contributed by atoms with Crippen molar-refractivity contribution in [1.82, 2.24) is 4.90 Å². The van der Waals surface area contributed by atoms with Crippen molar-refractivity contribution in [2.75, 3.05) is 13.1 Å². The number of carbonyl (C=O) groups excluding carboxylic acids is 1. The van der Waals surface area contributed by atoms with Crippen LogP contribution in [0.4, 0.5) is 0 Å². The highest BCUT2D eigenvalue weighted by molar-refractivity contribution is 6.33. The van der Waals surface area contributed by atoms with Gasteiger partial charge in [0.1, 0.15) is 0 Å². The fourth-order valence-electron chi connectivity index (χ4n) is 2.76. The molecule has 0 atom stereocenters. The predicted molar refractivity (Wildman–Crippen MR) is 95.0 cm³/mol. The number of carbonyl (C=O) groups is 1. The van der Waals surface area contributed by atoms with E-state index in [1.165, 1.54) is 0 Å². The molecule has 0 radical (unpaired) electrons. The zero-order valence-electron chi connectivity index (χ0n) is 12.9. The highest BCUT2D eigenvalue weighted by Crippen LogP contribution is 2.28. The van der Waals surface area contributed by atoms with Crippen molar-refractivity contribution in [2.45, 2.75) is 38.6 Å². The van der Waals surface area contributed by atoms with E-state index in [1.807, 2.05) is 17.0 Å². The molecular formula is C16H23Cl3N2O. The van der Waals surface area contributed by atoms with Crippen LogP contribution in [0.1, 0.15) is 32.3 Å². The molecule has 1 aromatic carbocycles. The first kappa shape index (κ1) is 19.6. The second kappa shape index (κ2) is 7.87. The summed E-state index contributed by atoms with van der Waals surface area (Å²) in [4.78, 5) is 14.0. The number of hydrogen-bond acceptors (Lipinski definition) is 2. The Morgan fingerprint density at radius 1 is 1.32 bits per heavy atom. The third kappa shape index (κ3) is 5.02. The summed E-state index contributed by atoms with van der Waals surface area (Å²) in [6.45, 7) is 5.05. The lowest BCUT2D eigenvalue weighted by molar-refractivity contribution is -0.137. The van der Waals surface area contributed by atoms with Gasteiger partial charge in [-0.2, -0.15) is 0 Å². The Morgan fingerprint density at radius 3 is 2.45 bits per heavy atom. The summed E-state index contributed by atoms with van der Waals surface area (Å²) in [6, 6.07) is 5.58. The van der Waals surface area contributed by atoms with Gasteiger partial charge in [-0.15, -0.1) is 12.4 Å². The summed E-state index contributed by atoms with van der Waals surface area (Å²) in [5, 5.41) is 1.48. The molecule has 1 aliphatic rings. The molecule has 0 spiro atoms. The number of hydrogen-bond donors (Lipinski definition) is 1. The molecule has 1 saturated heterocycles. The summed E-state index contributed by atoms with van der Waals surface area (Å²) in [6.07, 6.45) is 2.86. The van der Waals surface area contributed by atoms with E-state index in [0.29, 0.717) is 10.9 Å². The van der Waals surface area contributed by atoms with Crippen molar-refractivity contribution in [1.29, 1.82) is 0 Å². The first-order chi connectivity index (χ1) is 9.77. The number of halogens is 3. The Bertz CT molecular complexity index is 521. The highest BCUT2D eigenvalue weighted by Gasteiger charge is 2.30. The van der Waals surface area contributed by atoms with Gasteiger partial charge in [0.2, 0.25) is 5.91 Å². The number of nitrogens with two attached hydrogens (primary N) is 1. The van der Waals surface area contributed by atoms with Crippen molar-refractivity contribution in [3.63, 3.8) is 0 Å². The molecule has 2 rings (SSSR count). The molecule has 0 unspecified atom stereocenters. The molecule has 1 aromatic rings. The lowest BCUT2D eigenvalue weighted by Crippen LogP contribution is -2.53. The average Bonchev–Trinajstić information content (AvgIpc) is 2.42. The van der Waals surface area contributed by atoms with E-state index in [1.54, 1.807) is 19.9 Å². The molecule has 3 nitrogen and oxygen atoms in total. The molecule has 0 aromatic heterocycles. The van der Waals surface area contributed by atoms with Gasteiger partial charge in [-0.25, -0.2) is 0 Å². The van der Waals surface area contributed by atoms with E-state index >= 15 is 0 Å². The molecule has 124 valence electrons. The first-order valence-electron chi connectivity index (χ1n) is 7.29. The lowest BCUT2D eigenvalue weighted by atomic mass is 9.89. The lowest BCUT2D eigenvalue weighted by Gasteiger charge is -2.35. The van der Waals surface area contributed by atoms with Crippen molar-refractivity contribution >= 4 is 41.5 Å². The van der Waals surface area contributed by atoms with Crippen LogP contribution in [0.5, 0.6) is 0 Å². The molecular weight excluding hydrogens is 343 g/mol. The van der Waals surface area contributed by atoms with Gasteiger partial charge < -0.3 is 10.6 Å². The number of piperidine rings is 1. The van der Waals surface area contributed by atoms with Crippen LogP contribution in [-0.2, 0) is 11.2 Å². The van der Waals surface area contributed by atoms with Crippen LogP contribution in [0.3, 0.4) is 0 Å². The summed E-state index contributed by atoms with van der Waals surface area (Å²) in [5.74, 6) is 0.563. The number of nitrogens with zero attached hydrogens (tertiary/aromatic N) is 1. The van der Waals surface area contributed by atoms with Gasteiger partial charge in [-0.3, -0.25) is 4.79 Å². The third-order valence-electron chi connectivity index (χ3n) is 3.97. The van der Waals surface area contributed by atoms with Gasteiger partial charge in [-0.05, 0) is 62.8 Å². The molecule has 0 saturated carbocycles. The molecule has 0 bridgehead atoms. The second-order valence-electron chi connectivity index (χ2n) is 6.40. The fraction of sp³-hybridized carbons (Fsp3) is 0.562. The van der Waals surface area contributed by atoms with E-state index in [0.717, 1.165) is 42.9 Å². The van der Waals surface area contributed by atoms with Crippen LogP contribution in [0, 0.1) is 5.92 Å². The van der Waals surface area contributed by atoms with E-state index < -0.39 is 5.54 Å². The Labute approximate surface area is 148 Å². The molecule has 6 heteroatoms. The van der Waals surface area contributed by atoms with E-state index in [9.17, 15) is 4.79 Å². The van der Waals surface area contributed by atoms with Gasteiger partial charge in [-0.1, -0.05) is 23.2 Å². The SMILES string of the molecule is CC(C)(N)C(=O)N1CCC(Cc2cc(Cl)ccc2Cl)CC1.Cl. The summed E-state index contributed by atoms with van der Waals surface area (Å²) in [7, 11) is 0. The second-order valence-corrected chi connectivity index (χ2v) is 7.24. The van der Waals surface area contributed by atoms with Gasteiger partial charge in [0, 0.05) is 23.1 Å². The predicted octanol–water partition coefficient (Wildman–Crippen LogP) is 3.93. The Hall–Kier alpha value is -0.480. The summed E-state index contributed by atoms with van der Waals surface area (Å²) >= 11 is 12.2. The fourth-order valence-corrected chi connectivity index (χ4v) is 3.15. The molecule has 22 heavy (non-hydrogen) atoms. The van der Waals surface area contributed by atoms with Crippen LogP contribution in [0.15, 0.2) is 18.2 Å². The van der Waals surface area contributed by atoms with Gasteiger partial charge in [0.05, 0.1) is 5.54 Å². The van der Waals surface area contributed by atoms with E-state index in [2.05, 4.69) is 0 Å². The minimum atomic E-state index is -0.789. The number of rotatable bonds is 3. The standard InChI is InChI=1S/C16H22Cl2N2O.ClH/c1-16(2,19)15(21)20-7-5-11(6-8-20)9-12-10-13(17)3-4-14(12)18;/h3-4,10-11H,5-9,19H2,1-2H3;1H. The molecule has 1 amide bonds. The molecule has 1 fully saturated rings. The topological polar surface area (TPSA) is 46.3 Å². The molecule has 2 N–H and O–H groups in total. The highest BCUT2D eigenvalue weighted by atomic mass is 35.5. The summed E-state index contributed by atoms with van der Waals surface area (Å²) in [5.41, 5.74) is 6.18. The van der Waals surface area contributed by atoms with E-state index in [-0.39, 0.29) is 18.3 Å². The van der Waals surface area contributed by atoms with Gasteiger partial charge >= 0.3 is 0 Å². The third-order valence-corrected chi connectivity index (χ3v) is 4.57. The van der Waals surface area contributed by atoms with Gasteiger partial charge in [0.25, 0.3) is 0 Å². The Balaban J connectivity index is 0.00000242. The minimum Gasteiger partial charge on any atom is -0.341 e. The van der Waals surface area contributed by atoms with E-state index in [4.69, 9.17) is 28.9 Å². The zero-order chi connectivity index (χ0) is 15.6. The maximum atomic E-state index is 12.1. The van der Waals surface area contributed by atoms with Crippen LogP contribution in [0.25, 0.3) is 0 Å². The largest absolute Gasteiger partial charge is 0.341 e. The van der Waals surface area contributed by atoms with Crippen molar-refractivity contribution in [3.05, 3.63) is 33.8 Å². The average molecular weight is 366 g/mol. The van der Waals surface area contributed by atoms with Crippen molar-refractivity contribution in [3.8, 4) is 0 Å². The molecule has 1 heterocycles. The van der Waals surface area contributed by atoms with Crippen LogP contribution in [0.2, 0.25) is 10.0 Å². The quantitative estimate of drug-likeness (QED) is 0.882. The van der Waals surface area contributed by atoms with Crippen LogP contribution < -0.4 is 5.73 Å².